The molecule has 174 valence electrons. The molecule has 14 heteroatoms. The summed E-state index contributed by atoms with van der Waals surface area (Å²) >= 11 is 0. The van der Waals surface area contributed by atoms with Gasteiger partial charge in [0.1, 0.15) is 17.2 Å². The molecule has 0 radical (unpaired) electrons. The number of rotatable bonds is 9. The van der Waals surface area contributed by atoms with Gasteiger partial charge in [-0.05, 0) is 36.4 Å². The summed E-state index contributed by atoms with van der Waals surface area (Å²) < 4.78 is 91.6. The summed E-state index contributed by atoms with van der Waals surface area (Å²) in [5, 5.41) is 0. The summed E-state index contributed by atoms with van der Waals surface area (Å²) in [6.45, 7) is 0. The van der Waals surface area contributed by atoms with Crippen LogP contribution in [0.25, 0.3) is 0 Å². The van der Waals surface area contributed by atoms with E-state index in [1.165, 1.54) is 72.8 Å². The minimum Gasteiger partial charge on any atom is -0.378 e. The van der Waals surface area contributed by atoms with Crippen molar-refractivity contribution in [2.45, 2.75) is 0 Å². The molecule has 0 heterocycles. The normalized spacial score (nSPS) is 11.9. The summed E-state index contributed by atoms with van der Waals surface area (Å²) in [6.07, 6.45) is 0. The second kappa shape index (κ2) is 10.7. The summed E-state index contributed by atoms with van der Waals surface area (Å²) in [5.74, 6) is -0.834. The quantitative estimate of drug-likeness (QED) is 0.265. The van der Waals surface area contributed by atoms with Crippen molar-refractivity contribution in [1.82, 2.24) is 0 Å². The SMILES string of the molecule is O=S(=O)(Oc1ccccc1)P(S(=O)(=O)Oc1ccccc1)S(=O)(=O)Oc1ccccc1.[Pd]. The maximum Gasteiger partial charge on any atom is 0.389 e. The van der Waals surface area contributed by atoms with Gasteiger partial charge in [0.15, 0.2) is 0 Å². The zero-order chi connectivity index (χ0) is 22.5. The van der Waals surface area contributed by atoms with Crippen molar-refractivity contribution in [3.8, 4) is 17.2 Å². The van der Waals surface area contributed by atoms with Crippen molar-refractivity contribution in [3.05, 3.63) is 91.0 Å². The van der Waals surface area contributed by atoms with Crippen LogP contribution < -0.4 is 12.5 Å². The first kappa shape index (κ1) is 26.3. The topological polar surface area (TPSA) is 130 Å². The molecule has 0 amide bonds. The molecule has 3 aromatic carbocycles. The van der Waals surface area contributed by atoms with E-state index in [2.05, 4.69) is 0 Å². The van der Waals surface area contributed by atoms with Gasteiger partial charge in [0.25, 0.3) is 0 Å². The largest absolute Gasteiger partial charge is 0.389 e. The van der Waals surface area contributed by atoms with E-state index < -0.39 is 34.7 Å². The second-order valence-corrected chi connectivity index (χ2v) is 18.6. The van der Waals surface area contributed by atoms with E-state index in [1.54, 1.807) is 18.2 Å². The molecule has 3 aromatic rings. The Hall–Kier alpha value is -2.00. The average Bonchev–Trinajstić information content (AvgIpc) is 2.68. The van der Waals surface area contributed by atoms with Gasteiger partial charge in [-0.3, -0.25) is 0 Å². The number of hydrogen-bond donors (Lipinski definition) is 0. The molecule has 3 rings (SSSR count). The maximum absolute atomic E-state index is 12.9. The first-order valence-electron chi connectivity index (χ1n) is 8.39. The van der Waals surface area contributed by atoms with E-state index in [9.17, 15) is 25.3 Å². The second-order valence-electron chi connectivity index (χ2n) is 5.70. The van der Waals surface area contributed by atoms with Crippen LogP contribution in [0.2, 0.25) is 0 Å². The van der Waals surface area contributed by atoms with E-state index >= 15 is 0 Å². The van der Waals surface area contributed by atoms with Crippen LogP contribution in [0.1, 0.15) is 0 Å². The summed E-state index contributed by atoms with van der Waals surface area (Å²) in [4.78, 5) is 0. The predicted octanol–water partition coefficient (Wildman–Crippen LogP) is 3.44. The van der Waals surface area contributed by atoms with Crippen LogP contribution in [0.4, 0.5) is 0 Å². The van der Waals surface area contributed by atoms with Crippen LogP contribution in [-0.4, -0.2) is 25.3 Å². The molecule has 0 aromatic heterocycles. The third kappa shape index (κ3) is 6.75. The third-order valence-corrected chi connectivity index (χ3v) is 19.5. The standard InChI is InChI=1S/C18H15O9PS3.Pd/c19-29(20,25-16-10-4-1-5-11-16)28(30(21,22)26-17-12-6-2-7-13-17)31(23,24)27-18-14-8-3-9-15-18;/h1-15H;. The van der Waals surface area contributed by atoms with Crippen LogP contribution in [-0.2, 0) is 49.6 Å². The molecule has 0 bridgehead atoms. The van der Waals surface area contributed by atoms with Gasteiger partial charge in [-0.15, -0.1) is 0 Å². The summed E-state index contributed by atoms with van der Waals surface area (Å²) in [6, 6.07) is 20.6. The Morgan fingerprint density at radius 2 is 0.656 bits per heavy atom. The molecule has 32 heavy (non-hydrogen) atoms. The summed E-state index contributed by atoms with van der Waals surface area (Å²) in [5.41, 5.74) is -4.11. The van der Waals surface area contributed by atoms with Crippen molar-refractivity contribution < 1.29 is 58.2 Å². The van der Waals surface area contributed by atoms with Crippen molar-refractivity contribution in [1.29, 1.82) is 0 Å². The summed E-state index contributed by atoms with van der Waals surface area (Å²) in [7, 11) is -15.9. The Morgan fingerprint density at radius 1 is 0.438 bits per heavy atom. The molecule has 0 saturated heterocycles. The van der Waals surface area contributed by atoms with Crippen LogP contribution in [0.15, 0.2) is 91.0 Å². The number of hydrogen-bond acceptors (Lipinski definition) is 9. The maximum atomic E-state index is 12.9. The minimum absolute atomic E-state index is 0. The third-order valence-electron chi connectivity index (χ3n) is 3.38. The first-order chi connectivity index (χ1) is 14.6. The minimum atomic E-state index is -5.29. The van der Waals surface area contributed by atoms with E-state index in [0.717, 1.165) is 0 Å². The molecule has 0 atom stereocenters. The van der Waals surface area contributed by atoms with E-state index in [-0.39, 0.29) is 37.7 Å². The van der Waals surface area contributed by atoms with Crippen LogP contribution >= 0.6 is 5.53 Å². The molecule has 0 saturated carbocycles. The van der Waals surface area contributed by atoms with Gasteiger partial charge in [0.05, 0.1) is 0 Å². The van der Waals surface area contributed by atoms with Gasteiger partial charge < -0.3 is 12.5 Å². The fourth-order valence-corrected chi connectivity index (χ4v) is 15.2. The van der Waals surface area contributed by atoms with Gasteiger partial charge in [-0.25, -0.2) is 0 Å². The predicted molar refractivity (Wildman–Crippen MR) is 115 cm³/mol. The average molecular weight is 609 g/mol. The monoisotopic (exact) mass is 608 g/mol. The Morgan fingerprint density at radius 3 is 0.875 bits per heavy atom. The van der Waals surface area contributed by atoms with Gasteiger partial charge >= 0.3 is 34.7 Å². The molecule has 0 fully saturated rings. The van der Waals surface area contributed by atoms with E-state index in [0.29, 0.717) is 0 Å². The molecule has 0 unspecified atom stereocenters. The molecule has 0 aliphatic rings. The van der Waals surface area contributed by atoms with E-state index in [1.807, 2.05) is 0 Å². The van der Waals surface area contributed by atoms with E-state index in [4.69, 9.17) is 12.5 Å². The number of benzene rings is 3. The van der Waals surface area contributed by atoms with Gasteiger partial charge in [0.2, 0.25) is 0 Å². The first-order valence-corrected chi connectivity index (χ1v) is 15.8. The Kier molecular flexibility index (Phi) is 8.82. The smallest absolute Gasteiger partial charge is 0.378 e. The molecule has 0 aliphatic heterocycles. The molecule has 9 nitrogen and oxygen atoms in total. The zero-order valence-corrected chi connectivity index (χ0v) is 20.7. The van der Waals surface area contributed by atoms with Crippen molar-refractivity contribution >= 4 is 34.7 Å². The molecular formula is C18H15O9PPdS3. The van der Waals surface area contributed by atoms with Crippen LogP contribution in [0, 0.1) is 0 Å². The fraction of sp³-hybridized carbons (Fsp3) is 0. The molecule has 0 spiro atoms. The zero-order valence-electron chi connectivity index (χ0n) is 15.8. The fourth-order valence-electron chi connectivity index (χ4n) is 2.22. The Labute approximate surface area is 200 Å². The molecule has 0 N–H and O–H groups in total. The van der Waals surface area contributed by atoms with Crippen molar-refractivity contribution in [3.63, 3.8) is 0 Å². The van der Waals surface area contributed by atoms with Crippen molar-refractivity contribution in [2.75, 3.05) is 0 Å². The Bertz CT molecular complexity index is 1160. The van der Waals surface area contributed by atoms with Crippen LogP contribution in [0.5, 0.6) is 17.2 Å². The Balaban J connectivity index is 0.00000363. The molecule has 0 aliphatic carbocycles. The van der Waals surface area contributed by atoms with Gasteiger partial charge in [-0.1, -0.05) is 54.6 Å². The molecular weight excluding hydrogens is 594 g/mol. The van der Waals surface area contributed by atoms with Crippen molar-refractivity contribution in [2.24, 2.45) is 0 Å². The van der Waals surface area contributed by atoms with Gasteiger partial charge in [-0.2, -0.15) is 25.3 Å². The van der Waals surface area contributed by atoms with Gasteiger partial charge in [0, 0.05) is 20.4 Å². The number of para-hydroxylation sites is 3. The van der Waals surface area contributed by atoms with Crippen LogP contribution in [0.3, 0.4) is 0 Å².